The molecule has 0 amide bonds. The van der Waals surface area contributed by atoms with E-state index in [1.165, 1.54) is 0 Å². The summed E-state index contributed by atoms with van der Waals surface area (Å²) >= 11 is 0. The summed E-state index contributed by atoms with van der Waals surface area (Å²) in [5.74, 6) is 0. The van der Waals surface area contributed by atoms with Gasteiger partial charge in [0.15, 0.2) is 0 Å². The molecule has 16 heteroatoms. The van der Waals surface area contributed by atoms with Crippen LogP contribution in [0.25, 0.3) is 0 Å². The minimum absolute atomic E-state index is 0. The van der Waals surface area contributed by atoms with Crippen molar-refractivity contribution in [2.75, 3.05) is 0 Å². The van der Waals surface area contributed by atoms with Crippen LogP contribution in [0.3, 0.4) is 0 Å². The molecule has 0 aliphatic rings. The van der Waals surface area contributed by atoms with Crippen molar-refractivity contribution in [1.29, 1.82) is 0 Å². The summed E-state index contributed by atoms with van der Waals surface area (Å²) in [5.41, 5.74) is 0. The summed E-state index contributed by atoms with van der Waals surface area (Å²) in [6, 6.07) is 0. The van der Waals surface area contributed by atoms with Gasteiger partial charge in [0, 0.05) is 52.8 Å². The zero-order chi connectivity index (χ0) is 0. The Bertz CT molecular complexity index is 21.3. The average molecular weight is 452 g/mol. The molecule has 92 valence electrons. The Hall–Kier alpha value is 4.23. The Labute approximate surface area is 193 Å². The van der Waals surface area contributed by atoms with Crippen LogP contribution in [0.1, 0.15) is 0 Å². The van der Waals surface area contributed by atoms with E-state index >= 15 is 0 Å². The van der Waals surface area contributed by atoms with E-state index in [0.717, 1.165) is 0 Å². The van der Waals surface area contributed by atoms with Crippen LogP contribution in [0.15, 0.2) is 0 Å². The van der Waals surface area contributed by atoms with Crippen molar-refractivity contribution in [1.82, 2.24) is 0 Å². The predicted octanol–water partition coefficient (Wildman–Crippen LogP) is -11.6. The fourth-order valence-corrected chi connectivity index (χ4v) is 0. The molecule has 0 aromatic heterocycles. The zero-order valence-corrected chi connectivity index (χ0v) is 21.1. The van der Waals surface area contributed by atoms with Crippen molar-refractivity contribution in [2.24, 2.45) is 0 Å². The smallest absolute Gasteiger partial charge is 1.00 e. The van der Waals surface area contributed by atoms with Crippen molar-refractivity contribution in [3.05, 3.63) is 0 Å². The Balaban J connectivity index is 0. The standard InChI is InChI=1S/3Ge.3Na.5H2O.5O/h;;;;;;5*1H2;;;;;/q;;;3*+1;;;;;;5*-2/p-5. The zero-order valence-electron chi connectivity index (χ0n) is 8.78. The van der Waals surface area contributed by atoms with E-state index in [-0.39, 0.29) is 196 Å². The van der Waals surface area contributed by atoms with Crippen LogP contribution in [0, 0.1) is 0 Å². The average Bonchev–Trinajstić information content (AvgIpc) is 0. The van der Waals surface area contributed by atoms with Gasteiger partial charge in [-0.15, -0.1) is 0 Å². The van der Waals surface area contributed by atoms with Crippen LogP contribution >= 0.6 is 0 Å². The molecule has 0 heterocycles. The molecule has 0 aromatic rings. The van der Waals surface area contributed by atoms with E-state index < -0.39 is 0 Å². The van der Waals surface area contributed by atoms with Gasteiger partial charge < -0.3 is 54.8 Å². The third-order valence-electron chi connectivity index (χ3n) is 0. The molecule has 10 nitrogen and oxygen atoms in total. The second-order valence-electron chi connectivity index (χ2n) is 0. The van der Waals surface area contributed by atoms with Crippen molar-refractivity contribution in [3.8, 4) is 0 Å². The van der Waals surface area contributed by atoms with Crippen molar-refractivity contribution in [2.45, 2.75) is 0 Å². The van der Waals surface area contributed by atoms with Gasteiger partial charge in [-0.1, -0.05) is 0 Å². The van der Waals surface area contributed by atoms with Crippen LogP contribution < -0.4 is 88.7 Å². The molecule has 12 radical (unpaired) electrons. The van der Waals surface area contributed by atoms with E-state index in [9.17, 15) is 0 Å². The SMILES string of the molecule is [Ge].[Ge].[Ge].[Na+].[Na+].[Na+].[O-2].[O-2].[O-2].[O-2].[O-2].[OH-].[OH-].[OH-].[OH-].[OH-]. The maximum Gasteiger partial charge on any atom is 1.00 e. The Kier molecular flexibility index (Phi) is 9340. The normalized spacial score (nSPS) is 0. The fraction of sp³-hybridized carbons (Fsp3) is 0. The molecule has 0 unspecified atom stereocenters. The predicted molar refractivity (Wildman–Crippen MR) is 30.4 cm³/mol. The maximum absolute atomic E-state index is 0. The van der Waals surface area contributed by atoms with E-state index in [0.29, 0.717) is 0 Å². The van der Waals surface area contributed by atoms with Crippen LogP contribution in [0.4, 0.5) is 0 Å². The first-order valence-corrected chi connectivity index (χ1v) is 0. The largest absolute Gasteiger partial charge is 2.00 e. The van der Waals surface area contributed by atoms with E-state index in [1.54, 1.807) is 0 Å². The summed E-state index contributed by atoms with van der Waals surface area (Å²) in [4.78, 5) is 0. The Morgan fingerprint density at radius 1 is 0.250 bits per heavy atom. The van der Waals surface area contributed by atoms with Crippen LogP contribution in [-0.2, 0) is 27.4 Å². The quantitative estimate of drug-likeness (QED) is 0.323. The first-order chi connectivity index (χ1) is 0. The third kappa shape index (κ3) is 303. The molecule has 0 saturated heterocycles. The second-order valence-corrected chi connectivity index (χ2v) is 0. The Morgan fingerprint density at radius 3 is 0.250 bits per heavy atom. The minimum Gasteiger partial charge on any atom is -2.00 e. The first kappa shape index (κ1) is 418. The van der Waals surface area contributed by atoms with Gasteiger partial charge in [0.2, 0.25) is 0 Å². The summed E-state index contributed by atoms with van der Waals surface area (Å²) < 4.78 is 0. The molecule has 0 spiro atoms. The third-order valence-corrected chi connectivity index (χ3v) is 0. The van der Waals surface area contributed by atoms with Gasteiger partial charge in [-0.25, -0.2) is 0 Å². The van der Waals surface area contributed by atoms with Crippen LogP contribution in [0.2, 0.25) is 0 Å². The maximum atomic E-state index is 0. The molecule has 0 aliphatic heterocycles. The molecule has 0 atom stereocenters. The topological polar surface area (TPSA) is 292 Å². The van der Waals surface area contributed by atoms with E-state index in [4.69, 9.17) is 0 Å². The summed E-state index contributed by atoms with van der Waals surface area (Å²) in [6.45, 7) is 0. The molecular formula is H5Ge3Na3O10-12. The molecule has 0 aromatic carbocycles. The van der Waals surface area contributed by atoms with Gasteiger partial charge in [0.05, 0.1) is 0 Å². The monoisotopic (exact) mass is 456 g/mol. The van der Waals surface area contributed by atoms with Crippen LogP contribution in [-0.4, -0.2) is 80.2 Å². The van der Waals surface area contributed by atoms with Crippen molar-refractivity contribution in [3.63, 3.8) is 0 Å². The number of hydrogen-bond acceptors (Lipinski definition) is 5. The molecule has 0 fully saturated rings. The van der Waals surface area contributed by atoms with Gasteiger partial charge in [-0.2, -0.15) is 0 Å². The molecular weight excluding hydrogens is 447 g/mol. The first-order valence-electron chi connectivity index (χ1n) is 0. The minimum atomic E-state index is 0. The molecule has 0 saturated carbocycles. The van der Waals surface area contributed by atoms with Gasteiger partial charge in [0.1, 0.15) is 0 Å². The number of rotatable bonds is 0. The van der Waals surface area contributed by atoms with Crippen molar-refractivity contribution < 1.29 is 143 Å². The summed E-state index contributed by atoms with van der Waals surface area (Å²) in [6.07, 6.45) is 0. The van der Waals surface area contributed by atoms with E-state index in [1.807, 2.05) is 0 Å². The molecule has 5 N–H and O–H groups in total. The Morgan fingerprint density at radius 2 is 0.250 bits per heavy atom. The molecule has 16 heavy (non-hydrogen) atoms. The van der Waals surface area contributed by atoms with E-state index in [2.05, 4.69) is 0 Å². The molecule has 0 bridgehead atoms. The second kappa shape index (κ2) is 357. The summed E-state index contributed by atoms with van der Waals surface area (Å²) in [5, 5.41) is 0. The van der Waals surface area contributed by atoms with Gasteiger partial charge >= 0.3 is 88.7 Å². The van der Waals surface area contributed by atoms with Crippen molar-refractivity contribution >= 4 is 52.8 Å². The van der Waals surface area contributed by atoms with Gasteiger partial charge in [0.25, 0.3) is 0 Å². The fourth-order valence-electron chi connectivity index (χ4n) is 0. The number of hydrogen-bond donors (Lipinski definition) is 0. The van der Waals surface area contributed by atoms with Crippen LogP contribution in [0.5, 0.6) is 0 Å². The van der Waals surface area contributed by atoms with Gasteiger partial charge in [-0.05, 0) is 0 Å². The van der Waals surface area contributed by atoms with Gasteiger partial charge in [-0.3, -0.25) is 0 Å². The molecule has 0 aliphatic carbocycles. The summed E-state index contributed by atoms with van der Waals surface area (Å²) in [7, 11) is 0. The molecule has 0 rings (SSSR count).